The monoisotopic (exact) mass is 250 g/mol. The fraction of sp³-hybridized carbons (Fsp3) is 0.455. The van der Waals surface area contributed by atoms with Crippen molar-refractivity contribution in [2.75, 3.05) is 0 Å². The molecule has 96 valence electrons. The maximum atomic E-state index is 11.0. The maximum Gasteiger partial charge on any atom is 0.358 e. The molecule has 0 bridgehead atoms. The van der Waals surface area contributed by atoms with Gasteiger partial charge in [0.1, 0.15) is 6.54 Å². The maximum absolute atomic E-state index is 11.0. The van der Waals surface area contributed by atoms with Gasteiger partial charge < -0.3 is 9.63 Å². The van der Waals surface area contributed by atoms with Crippen LogP contribution in [-0.4, -0.2) is 31.2 Å². The summed E-state index contributed by atoms with van der Waals surface area (Å²) < 4.78 is 6.63. The van der Waals surface area contributed by atoms with Crippen LogP contribution in [0.4, 0.5) is 0 Å². The molecule has 2 heterocycles. The van der Waals surface area contributed by atoms with Crippen molar-refractivity contribution in [3.8, 4) is 0 Å². The van der Waals surface area contributed by atoms with Crippen LogP contribution in [0.2, 0.25) is 0 Å². The lowest BCUT2D eigenvalue weighted by Crippen LogP contribution is -2.09. The van der Waals surface area contributed by atoms with Crippen molar-refractivity contribution in [3.05, 3.63) is 28.9 Å². The van der Waals surface area contributed by atoms with Crippen LogP contribution in [0.15, 0.2) is 10.6 Å². The van der Waals surface area contributed by atoms with Gasteiger partial charge in [-0.15, -0.1) is 5.10 Å². The van der Waals surface area contributed by atoms with Crippen molar-refractivity contribution >= 4 is 5.97 Å². The highest BCUT2D eigenvalue weighted by atomic mass is 16.5. The largest absolute Gasteiger partial charge is 0.476 e. The van der Waals surface area contributed by atoms with Crippen LogP contribution in [-0.2, 0) is 13.0 Å². The van der Waals surface area contributed by atoms with Crippen LogP contribution < -0.4 is 0 Å². The van der Waals surface area contributed by atoms with Crippen molar-refractivity contribution in [2.45, 2.75) is 33.2 Å². The lowest BCUT2D eigenvalue weighted by Gasteiger charge is -2.03. The first-order valence-corrected chi connectivity index (χ1v) is 5.69. The van der Waals surface area contributed by atoms with Crippen LogP contribution in [0.25, 0.3) is 0 Å². The number of carboxylic acids is 1. The Morgan fingerprint density at radius 1 is 1.56 bits per heavy atom. The Bertz CT molecular complexity index is 558. The fourth-order valence-corrected chi connectivity index (χ4v) is 1.75. The van der Waals surface area contributed by atoms with Crippen molar-refractivity contribution in [3.63, 3.8) is 0 Å². The van der Waals surface area contributed by atoms with E-state index in [4.69, 9.17) is 9.63 Å². The third-order valence-electron chi connectivity index (χ3n) is 2.51. The number of aryl methyl sites for hydroxylation is 1. The van der Waals surface area contributed by atoms with E-state index in [1.807, 2.05) is 13.8 Å². The minimum absolute atomic E-state index is 0.00749. The molecule has 0 saturated heterocycles. The minimum atomic E-state index is -1.06. The highest BCUT2D eigenvalue weighted by Gasteiger charge is 2.19. The first-order valence-electron chi connectivity index (χ1n) is 5.69. The topological polar surface area (TPSA) is 94.0 Å². The summed E-state index contributed by atoms with van der Waals surface area (Å²) >= 11 is 0. The molecular formula is C11H14N4O3. The number of aromatic nitrogens is 4. The first kappa shape index (κ1) is 12.3. The van der Waals surface area contributed by atoms with Gasteiger partial charge in [-0.2, -0.15) is 0 Å². The zero-order valence-corrected chi connectivity index (χ0v) is 10.3. The van der Waals surface area contributed by atoms with Gasteiger partial charge in [-0.3, -0.25) is 0 Å². The number of carboxylic acid groups (broad SMARTS) is 1. The second-order valence-corrected chi connectivity index (χ2v) is 4.03. The van der Waals surface area contributed by atoms with Gasteiger partial charge in [0.2, 0.25) is 0 Å². The van der Waals surface area contributed by atoms with Gasteiger partial charge >= 0.3 is 5.97 Å². The number of hydrogen-bond donors (Lipinski definition) is 1. The Morgan fingerprint density at radius 3 is 2.89 bits per heavy atom. The third-order valence-corrected chi connectivity index (χ3v) is 2.51. The number of aromatic carboxylic acids is 1. The predicted molar refractivity (Wildman–Crippen MR) is 61.3 cm³/mol. The molecule has 2 aromatic rings. The lowest BCUT2D eigenvalue weighted by atomic mass is 10.2. The van der Waals surface area contributed by atoms with Crippen LogP contribution in [0.3, 0.4) is 0 Å². The third kappa shape index (κ3) is 2.39. The molecule has 7 heteroatoms. The van der Waals surface area contributed by atoms with Gasteiger partial charge in [0.05, 0.1) is 11.4 Å². The molecule has 0 aliphatic heterocycles. The van der Waals surface area contributed by atoms with E-state index in [9.17, 15) is 4.79 Å². The molecule has 0 unspecified atom stereocenters. The van der Waals surface area contributed by atoms with E-state index in [2.05, 4.69) is 15.5 Å². The lowest BCUT2D eigenvalue weighted by molar-refractivity contribution is 0.0689. The fourth-order valence-electron chi connectivity index (χ4n) is 1.75. The number of rotatable bonds is 5. The first-order chi connectivity index (χ1) is 8.61. The quantitative estimate of drug-likeness (QED) is 0.858. The van der Waals surface area contributed by atoms with E-state index < -0.39 is 5.97 Å². The van der Waals surface area contributed by atoms with Crippen LogP contribution >= 0.6 is 0 Å². The summed E-state index contributed by atoms with van der Waals surface area (Å²) in [5.74, 6) is -0.426. The Labute approximate surface area is 103 Å². The summed E-state index contributed by atoms with van der Waals surface area (Å²) in [6.45, 7) is 4.14. The molecule has 2 aromatic heterocycles. The van der Waals surface area contributed by atoms with Crippen molar-refractivity contribution < 1.29 is 14.4 Å². The zero-order valence-electron chi connectivity index (χ0n) is 10.3. The van der Waals surface area contributed by atoms with Gasteiger partial charge in [-0.25, -0.2) is 9.48 Å². The molecule has 0 spiro atoms. The summed E-state index contributed by atoms with van der Waals surface area (Å²) in [4.78, 5) is 11.0. The smallest absolute Gasteiger partial charge is 0.358 e. The summed E-state index contributed by atoms with van der Waals surface area (Å²) in [6.07, 6.45) is 1.44. The minimum Gasteiger partial charge on any atom is -0.476 e. The molecule has 0 aliphatic carbocycles. The highest BCUT2D eigenvalue weighted by molar-refractivity contribution is 5.86. The Kier molecular flexibility index (Phi) is 3.40. The van der Waals surface area contributed by atoms with Crippen LogP contribution in [0, 0.1) is 6.92 Å². The molecule has 0 aromatic carbocycles. The Hall–Kier alpha value is -2.18. The van der Waals surface area contributed by atoms with E-state index in [1.165, 1.54) is 0 Å². The zero-order chi connectivity index (χ0) is 13.1. The normalized spacial score (nSPS) is 10.8. The van der Waals surface area contributed by atoms with Crippen LogP contribution in [0.1, 0.15) is 41.0 Å². The molecule has 0 fully saturated rings. The summed E-state index contributed by atoms with van der Waals surface area (Å²) in [6, 6.07) is 1.79. The van der Waals surface area contributed by atoms with E-state index in [-0.39, 0.29) is 5.69 Å². The highest BCUT2D eigenvalue weighted by Crippen LogP contribution is 2.12. The van der Waals surface area contributed by atoms with Gasteiger partial charge in [0, 0.05) is 6.07 Å². The molecule has 1 N–H and O–H groups in total. The second kappa shape index (κ2) is 4.99. The second-order valence-electron chi connectivity index (χ2n) is 4.03. The molecule has 0 atom stereocenters. The molecular weight excluding hydrogens is 236 g/mol. The summed E-state index contributed by atoms with van der Waals surface area (Å²) in [5, 5.41) is 20.3. The molecule has 0 radical (unpaired) electrons. The van der Waals surface area contributed by atoms with Crippen molar-refractivity contribution in [1.29, 1.82) is 0 Å². The Balaban J connectivity index is 2.29. The Morgan fingerprint density at radius 2 is 2.33 bits per heavy atom. The van der Waals surface area contributed by atoms with Crippen molar-refractivity contribution in [1.82, 2.24) is 20.2 Å². The number of nitrogens with zero attached hydrogens (tertiary/aromatic N) is 4. The van der Waals surface area contributed by atoms with Gasteiger partial charge in [-0.05, 0) is 13.3 Å². The van der Waals surface area contributed by atoms with E-state index in [0.717, 1.165) is 12.1 Å². The summed E-state index contributed by atoms with van der Waals surface area (Å²) in [5.41, 5.74) is 1.40. The SMILES string of the molecule is CCCc1c(C(=O)O)nnn1Cc1cc(C)no1. The van der Waals surface area contributed by atoms with E-state index in [1.54, 1.807) is 10.7 Å². The molecule has 7 nitrogen and oxygen atoms in total. The van der Waals surface area contributed by atoms with Gasteiger partial charge in [-0.1, -0.05) is 23.7 Å². The predicted octanol–water partition coefficient (Wildman–Crippen LogP) is 1.27. The number of hydrogen-bond acceptors (Lipinski definition) is 5. The van der Waals surface area contributed by atoms with Crippen molar-refractivity contribution in [2.24, 2.45) is 0 Å². The molecule has 2 rings (SSSR count). The average Bonchev–Trinajstić information content (AvgIpc) is 2.88. The molecule has 18 heavy (non-hydrogen) atoms. The average molecular weight is 250 g/mol. The standard InChI is InChI=1S/C11H14N4O3/c1-3-4-9-10(11(16)17)12-14-15(9)6-8-5-7(2)13-18-8/h5H,3-4,6H2,1-2H3,(H,16,17). The molecule has 0 saturated carbocycles. The molecule has 0 amide bonds. The van der Waals surface area contributed by atoms with E-state index >= 15 is 0 Å². The number of carbonyl (C=O) groups is 1. The summed E-state index contributed by atoms with van der Waals surface area (Å²) in [7, 11) is 0. The van der Waals surface area contributed by atoms with Gasteiger partial charge in [0.25, 0.3) is 0 Å². The van der Waals surface area contributed by atoms with Gasteiger partial charge in [0.15, 0.2) is 11.5 Å². The van der Waals surface area contributed by atoms with E-state index in [0.29, 0.717) is 24.4 Å². The van der Waals surface area contributed by atoms with Crippen LogP contribution in [0.5, 0.6) is 0 Å². The molecule has 0 aliphatic rings.